The minimum atomic E-state index is -0.271. The summed E-state index contributed by atoms with van der Waals surface area (Å²) >= 11 is 0. The number of aryl methyl sites for hydroxylation is 1. The molecule has 0 saturated carbocycles. The van der Waals surface area contributed by atoms with Gasteiger partial charge in [-0.3, -0.25) is 9.36 Å². The van der Waals surface area contributed by atoms with Crippen molar-refractivity contribution < 1.29 is 0 Å². The van der Waals surface area contributed by atoms with Crippen LogP contribution >= 0.6 is 0 Å². The summed E-state index contributed by atoms with van der Waals surface area (Å²) in [6.45, 7) is 1.83. The van der Waals surface area contributed by atoms with Crippen molar-refractivity contribution in [3.05, 3.63) is 112 Å². The Labute approximate surface area is 157 Å². The van der Waals surface area contributed by atoms with Crippen LogP contribution in [0.3, 0.4) is 0 Å². The highest BCUT2D eigenvalue weighted by Gasteiger charge is 2.21. The third kappa shape index (κ3) is 3.00. The van der Waals surface area contributed by atoms with Crippen LogP contribution < -0.4 is 5.56 Å². The van der Waals surface area contributed by atoms with E-state index in [0.29, 0.717) is 22.3 Å². The number of aromatic nitrogens is 2. The fraction of sp³-hybridized carbons (Fsp3) is 0.0870. The minimum absolute atomic E-state index is 0.111. The fourth-order valence-electron chi connectivity index (χ4n) is 3.44. The topological polar surface area (TPSA) is 58.7 Å². The zero-order chi connectivity index (χ0) is 18.8. The van der Waals surface area contributed by atoms with Crippen LogP contribution in [0.25, 0.3) is 10.9 Å². The van der Waals surface area contributed by atoms with E-state index in [9.17, 15) is 4.79 Å². The maximum Gasteiger partial charge on any atom is 0.262 e. The van der Waals surface area contributed by atoms with Crippen molar-refractivity contribution in [2.75, 3.05) is 0 Å². The Balaban J connectivity index is 2.02. The molecule has 0 aliphatic rings. The normalized spacial score (nSPS) is 10.9. The van der Waals surface area contributed by atoms with Gasteiger partial charge in [0.1, 0.15) is 5.82 Å². The molecule has 0 unspecified atom stereocenters. The molecule has 1 aromatic heterocycles. The first-order valence-electron chi connectivity index (χ1n) is 8.72. The van der Waals surface area contributed by atoms with Gasteiger partial charge in [-0.05, 0) is 36.2 Å². The third-order valence-corrected chi connectivity index (χ3v) is 4.70. The van der Waals surface area contributed by atoms with Gasteiger partial charge < -0.3 is 0 Å². The Morgan fingerprint density at radius 2 is 1.52 bits per heavy atom. The number of fused-ring (bicyclic) bond motifs is 1. The Hall–Kier alpha value is -3.71. The van der Waals surface area contributed by atoms with Gasteiger partial charge in [0.25, 0.3) is 5.56 Å². The first-order valence-corrected chi connectivity index (χ1v) is 8.72. The van der Waals surface area contributed by atoms with E-state index in [-0.39, 0.29) is 11.6 Å². The summed E-state index contributed by atoms with van der Waals surface area (Å²) < 4.78 is 1.74. The SMILES string of the molecule is Cc1nc2cc(C#N)ccc2c(=O)n1C(c1ccccc1)c1ccccc1. The summed E-state index contributed by atoms with van der Waals surface area (Å²) in [7, 11) is 0. The number of hydrogen-bond acceptors (Lipinski definition) is 3. The summed E-state index contributed by atoms with van der Waals surface area (Å²) in [5, 5.41) is 9.63. The predicted molar refractivity (Wildman–Crippen MR) is 106 cm³/mol. The van der Waals surface area contributed by atoms with E-state index in [1.807, 2.05) is 67.6 Å². The standard InChI is InChI=1S/C23H17N3O/c1-16-25-21-14-17(15-24)12-13-20(21)23(27)26(16)22(18-8-4-2-5-9-18)19-10-6-3-7-11-19/h2-14,22H,1H3. The molecule has 130 valence electrons. The van der Waals surface area contributed by atoms with Crippen molar-refractivity contribution >= 4 is 10.9 Å². The Kier molecular flexibility index (Phi) is 4.27. The van der Waals surface area contributed by atoms with Crippen LogP contribution in [-0.4, -0.2) is 9.55 Å². The van der Waals surface area contributed by atoms with Crippen molar-refractivity contribution in [2.24, 2.45) is 0 Å². The molecule has 0 N–H and O–H groups in total. The van der Waals surface area contributed by atoms with Gasteiger partial charge in [0.05, 0.1) is 28.6 Å². The highest BCUT2D eigenvalue weighted by molar-refractivity contribution is 5.79. The lowest BCUT2D eigenvalue weighted by atomic mass is 9.98. The van der Waals surface area contributed by atoms with Gasteiger partial charge in [-0.15, -0.1) is 0 Å². The van der Waals surface area contributed by atoms with E-state index in [1.165, 1.54) is 0 Å². The maximum absolute atomic E-state index is 13.4. The predicted octanol–water partition coefficient (Wildman–Crippen LogP) is 4.21. The molecule has 0 radical (unpaired) electrons. The highest BCUT2D eigenvalue weighted by Crippen LogP contribution is 2.27. The molecule has 0 aliphatic heterocycles. The molecule has 0 aliphatic carbocycles. The lowest BCUT2D eigenvalue weighted by Gasteiger charge is -2.23. The molecule has 0 saturated heterocycles. The van der Waals surface area contributed by atoms with Crippen LogP contribution in [0, 0.1) is 18.3 Å². The molecule has 4 heteroatoms. The molecular weight excluding hydrogens is 334 g/mol. The first-order chi connectivity index (χ1) is 13.2. The quantitative estimate of drug-likeness (QED) is 0.555. The van der Waals surface area contributed by atoms with Crippen LogP contribution in [0.15, 0.2) is 83.7 Å². The Morgan fingerprint density at radius 1 is 0.926 bits per heavy atom. The Bertz CT molecular complexity index is 1170. The molecule has 4 rings (SSSR count). The van der Waals surface area contributed by atoms with E-state index in [4.69, 9.17) is 5.26 Å². The molecule has 0 spiro atoms. The van der Waals surface area contributed by atoms with Crippen LogP contribution in [0.5, 0.6) is 0 Å². The van der Waals surface area contributed by atoms with Gasteiger partial charge in [-0.25, -0.2) is 4.98 Å². The Morgan fingerprint density at radius 3 is 2.07 bits per heavy atom. The van der Waals surface area contributed by atoms with Gasteiger partial charge in [-0.2, -0.15) is 5.26 Å². The summed E-state index contributed by atoms with van der Waals surface area (Å²) in [5.74, 6) is 0.611. The second-order valence-electron chi connectivity index (χ2n) is 6.40. The van der Waals surface area contributed by atoms with Crippen LogP contribution in [-0.2, 0) is 0 Å². The van der Waals surface area contributed by atoms with Gasteiger partial charge in [0, 0.05) is 0 Å². The van der Waals surface area contributed by atoms with E-state index in [0.717, 1.165) is 11.1 Å². The van der Waals surface area contributed by atoms with Gasteiger partial charge in [0.15, 0.2) is 0 Å². The third-order valence-electron chi connectivity index (χ3n) is 4.70. The van der Waals surface area contributed by atoms with Crippen LogP contribution in [0.1, 0.15) is 28.6 Å². The van der Waals surface area contributed by atoms with E-state index in [1.54, 1.807) is 22.8 Å². The molecule has 0 fully saturated rings. The average molecular weight is 351 g/mol. The van der Waals surface area contributed by atoms with Crippen molar-refractivity contribution in [3.63, 3.8) is 0 Å². The minimum Gasteiger partial charge on any atom is -0.285 e. The molecule has 0 atom stereocenters. The zero-order valence-electron chi connectivity index (χ0n) is 14.8. The zero-order valence-corrected chi connectivity index (χ0v) is 14.8. The number of benzene rings is 3. The molecule has 27 heavy (non-hydrogen) atoms. The van der Waals surface area contributed by atoms with E-state index >= 15 is 0 Å². The second kappa shape index (κ2) is 6.89. The molecule has 0 amide bonds. The van der Waals surface area contributed by atoms with Gasteiger partial charge >= 0.3 is 0 Å². The maximum atomic E-state index is 13.4. The van der Waals surface area contributed by atoms with Crippen molar-refractivity contribution in [1.29, 1.82) is 5.26 Å². The largest absolute Gasteiger partial charge is 0.285 e. The lowest BCUT2D eigenvalue weighted by molar-refractivity contribution is 0.620. The molecular formula is C23H17N3O. The second-order valence-corrected chi connectivity index (χ2v) is 6.40. The fourth-order valence-corrected chi connectivity index (χ4v) is 3.44. The number of nitrogens with zero attached hydrogens (tertiary/aromatic N) is 3. The summed E-state index contributed by atoms with van der Waals surface area (Å²) in [6, 6.07) is 26.7. The highest BCUT2D eigenvalue weighted by atomic mass is 16.1. The van der Waals surface area contributed by atoms with Crippen molar-refractivity contribution in [2.45, 2.75) is 13.0 Å². The average Bonchev–Trinajstić information content (AvgIpc) is 2.72. The first kappa shape index (κ1) is 16.7. The number of rotatable bonds is 3. The summed E-state index contributed by atoms with van der Waals surface area (Å²) in [6.07, 6.45) is 0. The number of hydrogen-bond donors (Lipinski definition) is 0. The molecule has 4 nitrogen and oxygen atoms in total. The van der Waals surface area contributed by atoms with E-state index < -0.39 is 0 Å². The summed E-state index contributed by atoms with van der Waals surface area (Å²) in [4.78, 5) is 18.0. The van der Waals surface area contributed by atoms with Crippen molar-refractivity contribution in [1.82, 2.24) is 9.55 Å². The van der Waals surface area contributed by atoms with Crippen LogP contribution in [0.4, 0.5) is 0 Å². The lowest BCUT2D eigenvalue weighted by Crippen LogP contribution is -2.29. The molecule has 1 heterocycles. The molecule has 4 aromatic rings. The molecule has 3 aromatic carbocycles. The number of nitriles is 1. The van der Waals surface area contributed by atoms with Crippen molar-refractivity contribution in [3.8, 4) is 6.07 Å². The van der Waals surface area contributed by atoms with Gasteiger partial charge in [-0.1, -0.05) is 60.7 Å². The van der Waals surface area contributed by atoms with Gasteiger partial charge in [0.2, 0.25) is 0 Å². The smallest absolute Gasteiger partial charge is 0.262 e. The van der Waals surface area contributed by atoms with E-state index in [2.05, 4.69) is 11.1 Å². The van der Waals surface area contributed by atoms with Crippen LogP contribution in [0.2, 0.25) is 0 Å². The monoisotopic (exact) mass is 351 g/mol. The molecule has 0 bridgehead atoms. The summed E-state index contributed by atoms with van der Waals surface area (Å²) in [5.41, 5.74) is 2.97.